The van der Waals surface area contributed by atoms with E-state index in [2.05, 4.69) is 9.97 Å². The SMILES string of the molecule is O=c1c2cc(Cl)cc(Cl)c2ncn1Cc1cc(=O)n2ccsc2n1. The van der Waals surface area contributed by atoms with Crippen LogP contribution >= 0.6 is 34.5 Å². The first kappa shape index (κ1) is 15.3. The van der Waals surface area contributed by atoms with Gasteiger partial charge in [-0.2, -0.15) is 0 Å². The van der Waals surface area contributed by atoms with E-state index in [1.54, 1.807) is 11.6 Å². The van der Waals surface area contributed by atoms with E-state index in [1.165, 1.54) is 44.8 Å². The number of hydrogen-bond donors (Lipinski definition) is 0. The summed E-state index contributed by atoms with van der Waals surface area (Å²) >= 11 is 13.4. The van der Waals surface area contributed by atoms with Crippen LogP contribution in [0, 0.1) is 0 Å². The molecular weight excluding hydrogens is 371 g/mol. The summed E-state index contributed by atoms with van der Waals surface area (Å²) in [7, 11) is 0. The predicted molar refractivity (Wildman–Crippen MR) is 94.5 cm³/mol. The molecule has 0 saturated carbocycles. The molecule has 4 aromatic rings. The van der Waals surface area contributed by atoms with E-state index < -0.39 is 0 Å². The fourth-order valence-corrected chi connectivity index (χ4v) is 3.73. The third kappa shape index (κ3) is 2.50. The van der Waals surface area contributed by atoms with Crippen LogP contribution in [0.25, 0.3) is 15.9 Å². The molecule has 9 heteroatoms. The molecule has 0 unspecified atom stereocenters. The third-order valence-electron chi connectivity index (χ3n) is 3.53. The molecule has 24 heavy (non-hydrogen) atoms. The lowest BCUT2D eigenvalue weighted by Crippen LogP contribution is -2.23. The molecule has 3 aromatic heterocycles. The molecule has 3 heterocycles. The zero-order valence-corrected chi connectivity index (χ0v) is 14.3. The largest absolute Gasteiger partial charge is 0.293 e. The molecule has 0 N–H and O–H groups in total. The van der Waals surface area contributed by atoms with E-state index in [9.17, 15) is 9.59 Å². The lowest BCUT2D eigenvalue weighted by Gasteiger charge is -2.07. The second-order valence-electron chi connectivity index (χ2n) is 5.10. The molecule has 0 amide bonds. The summed E-state index contributed by atoms with van der Waals surface area (Å²) in [6, 6.07) is 4.47. The van der Waals surface area contributed by atoms with Crippen molar-refractivity contribution in [1.29, 1.82) is 0 Å². The highest BCUT2D eigenvalue weighted by atomic mass is 35.5. The molecule has 120 valence electrons. The van der Waals surface area contributed by atoms with Crippen LogP contribution in [0.15, 0.2) is 45.7 Å². The van der Waals surface area contributed by atoms with Crippen LogP contribution in [0.5, 0.6) is 0 Å². The first-order valence-electron chi connectivity index (χ1n) is 6.83. The van der Waals surface area contributed by atoms with Gasteiger partial charge in [0.1, 0.15) is 0 Å². The van der Waals surface area contributed by atoms with Crippen LogP contribution in [0.3, 0.4) is 0 Å². The number of thiazole rings is 1. The van der Waals surface area contributed by atoms with Crippen molar-refractivity contribution in [2.45, 2.75) is 6.54 Å². The van der Waals surface area contributed by atoms with Crippen molar-refractivity contribution >= 4 is 50.4 Å². The van der Waals surface area contributed by atoms with Crippen LogP contribution in [0.1, 0.15) is 5.69 Å². The molecule has 0 fully saturated rings. The quantitative estimate of drug-likeness (QED) is 0.537. The molecule has 0 aliphatic rings. The van der Waals surface area contributed by atoms with Crippen molar-refractivity contribution in [3.63, 3.8) is 0 Å². The minimum atomic E-state index is -0.294. The zero-order valence-electron chi connectivity index (χ0n) is 11.9. The van der Waals surface area contributed by atoms with Gasteiger partial charge in [0, 0.05) is 22.7 Å². The van der Waals surface area contributed by atoms with Crippen LogP contribution < -0.4 is 11.1 Å². The average Bonchev–Trinajstić information content (AvgIpc) is 2.99. The summed E-state index contributed by atoms with van der Waals surface area (Å²) in [6.45, 7) is 0.134. The zero-order chi connectivity index (χ0) is 16.8. The summed E-state index contributed by atoms with van der Waals surface area (Å²) < 4.78 is 2.83. The van der Waals surface area contributed by atoms with Crippen molar-refractivity contribution in [3.8, 4) is 0 Å². The highest BCUT2D eigenvalue weighted by Gasteiger charge is 2.11. The highest BCUT2D eigenvalue weighted by Crippen LogP contribution is 2.24. The number of hydrogen-bond acceptors (Lipinski definition) is 5. The molecule has 0 saturated heterocycles. The van der Waals surface area contributed by atoms with Gasteiger partial charge in [-0.25, -0.2) is 9.97 Å². The minimum absolute atomic E-state index is 0.134. The molecule has 0 aliphatic carbocycles. The van der Waals surface area contributed by atoms with Gasteiger partial charge >= 0.3 is 0 Å². The van der Waals surface area contributed by atoms with Crippen molar-refractivity contribution in [1.82, 2.24) is 18.9 Å². The van der Waals surface area contributed by atoms with E-state index in [-0.39, 0.29) is 17.7 Å². The van der Waals surface area contributed by atoms with E-state index in [0.29, 0.717) is 31.6 Å². The standard InChI is InChI=1S/C15H8Cl2N4O2S/c16-8-3-10-13(11(17)4-8)18-7-20(14(10)23)6-9-5-12(22)21-1-2-24-15(21)19-9/h1-5,7H,6H2. The Hall–Kier alpha value is -2.22. The van der Waals surface area contributed by atoms with Gasteiger partial charge in [-0.3, -0.25) is 18.6 Å². The molecular formula is C15H8Cl2N4O2S. The van der Waals surface area contributed by atoms with Gasteiger partial charge in [0.15, 0.2) is 4.96 Å². The Balaban J connectivity index is 1.85. The third-order valence-corrected chi connectivity index (χ3v) is 4.80. The van der Waals surface area contributed by atoms with E-state index >= 15 is 0 Å². The Morgan fingerprint density at radius 1 is 1.17 bits per heavy atom. The van der Waals surface area contributed by atoms with Gasteiger partial charge in [-0.1, -0.05) is 23.2 Å². The molecule has 0 spiro atoms. The summed E-state index contributed by atoms with van der Waals surface area (Å²) in [6.07, 6.45) is 3.05. The topological polar surface area (TPSA) is 69.3 Å². The fraction of sp³-hybridized carbons (Fsp3) is 0.0667. The Morgan fingerprint density at radius 3 is 2.83 bits per heavy atom. The number of rotatable bonds is 2. The first-order chi connectivity index (χ1) is 11.5. The Labute approximate surface area is 148 Å². The minimum Gasteiger partial charge on any atom is -0.293 e. The van der Waals surface area contributed by atoms with Crippen LogP contribution in [-0.2, 0) is 6.54 Å². The smallest absolute Gasteiger partial charge is 0.261 e. The molecule has 0 radical (unpaired) electrons. The number of benzene rings is 1. The van der Waals surface area contributed by atoms with Gasteiger partial charge in [-0.15, -0.1) is 11.3 Å². The number of halogens is 2. The summed E-state index contributed by atoms with van der Waals surface area (Å²) in [5, 5.41) is 2.78. The van der Waals surface area contributed by atoms with Crippen LogP contribution in [-0.4, -0.2) is 18.9 Å². The molecule has 4 rings (SSSR count). The molecule has 6 nitrogen and oxygen atoms in total. The Bertz CT molecular complexity index is 1210. The van der Waals surface area contributed by atoms with Crippen molar-refractivity contribution in [3.05, 3.63) is 72.6 Å². The molecule has 0 bridgehead atoms. The number of aromatic nitrogens is 4. The Morgan fingerprint density at radius 2 is 2.00 bits per heavy atom. The molecule has 0 aliphatic heterocycles. The van der Waals surface area contributed by atoms with E-state index in [0.717, 1.165) is 0 Å². The summed E-state index contributed by atoms with van der Waals surface area (Å²) in [5.74, 6) is 0. The Kier molecular flexibility index (Phi) is 3.64. The lowest BCUT2D eigenvalue weighted by atomic mass is 10.2. The maximum absolute atomic E-state index is 12.6. The average molecular weight is 379 g/mol. The van der Waals surface area contributed by atoms with Gasteiger partial charge in [0.05, 0.1) is 34.5 Å². The van der Waals surface area contributed by atoms with Gasteiger partial charge < -0.3 is 0 Å². The first-order valence-corrected chi connectivity index (χ1v) is 8.46. The van der Waals surface area contributed by atoms with Gasteiger partial charge in [0.2, 0.25) is 0 Å². The van der Waals surface area contributed by atoms with Crippen LogP contribution in [0.2, 0.25) is 10.0 Å². The number of fused-ring (bicyclic) bond motifs is 2. The van der Waals surface area contributed by atoms with Crippen LogP contribution in [0.4, 0.5) is 0 Å². The predicted octanol–water partition coefficient (Wildman–Crippen LogP) is 2.82. The molecule has 1 aromatic carbocycles. The maximum Gasteiger partial charge on any atom is 0.261 e. The summed E-state index contributed by atoms with van der Waals surface area (Å²) in [5.41, 5.74) is 0.393. The second-order valence-corrected chi connectivity index (χ2v) is 6.82. The highest BCUT2D eigenvalue weighted by molar-refractivity contribution is 7.15. The maximum atomic E-state index is 12.6. The monoisotopic (exact) mass is 378 g/mol. The normalized spacial score (nSPS) is 11.4. The second kappa shape index (κ2) is 5.70. The van der Waals surface area contributed by atoms with E-state index in [1.807, 2.05) is 0 Å². The number of nitrogens with zero attached hydrogens (tertiary/aromatic N) is 4. The molecule has 0 atom stereocenters. The van der Waals surface area contributed by atoms with E-state index in [4.69, 9.17) is 23.2 Å². The lowest BCUT2D eigenvalue weighted by molar-refractivity contribution is 0.728. The van der Waals surface area contributed by atoms with Crippen molar-refractivity contribution in [2.75, 3.05) is 0 Å². The van der Waals surface area contributed by atoms with Crippen molar-refractivity contribution in [2.24, 2.45) is 0 Å². The van der Waals surface area contributed by atoms with Crippen molar-refractivity contribution < 1.29 is 0 Å². The van der Waals surface area contributed by atoms with Gasteiger partial charge in [-0.05, 0) is 12.1 Å². The fourth-order valence-electron chi connectivity index (χ4n) is 2.45. The van der Waals surface area contributed by atoms with Gasteiger partial charge in [0.25, 0.3) is 11.1 Å². The summed E-state index contributed by atoms with van der Waals surface area (Å²) in [4.78, 5) is 33.8.